The van der Waals surface area contributed by atoms with Crippen molar-refractivity contribution in [3.05, 3.63) is 35.4 Å². The maximum atomic E-state index is 10.4. The summed E-state index contributed by atoms with van der Waals surface area (Å²) >= 11 is 0. The van der Waals surface area contributed by atoms with Gasteiger partial charge < -0.3 is 10.0 Å². The van der Waals surface area contributed by atoms with Crippen LogP contribution in [0.5, 0.6) is 0 Å². The molecule has 17 heavy (non-hydrogen) atoms. The summed E-state index contributed by atoms with van der Waals surface area (Å²) in [6, 6.07) is 8.39. The second-order valence-corrected chi connectivity index (χ2v) is 5.65. The fourth-order valence-corrected chi connectivity index (χ4v) is 3.49. The highest BCUT2D eigenvalue weighted by molar-refractivity contribution is 5.34. The number of hydrogen-bond acceptors (Lipinski definition) is 2. The predicted molar refractivity (Wildman–Crippen MR) is 68.8 cm³/mol. The molecule has 0 spiro atoms. The molecule has 1 aromatic rings. The summed E-state index contributed by atoms with van der Waals surface area (Å²) in [5.74, 6) is 1.16. The number of piperidine rings is 1. The van der Waals surface area contributed by atoms with Gasteiger partial charge in [-0.3, -0.25) is 0 Å². The van der Waals surface area contributed by atoms with E-state index in [1.165, 1.54) is 37.1 Å². The summed E-state index contributed by atoms with van der Waals surface area (Å²) in [7, 11) is 2.19. The number of likely N-dealkylation sites (tertiary alicyclic amines) is 1. The van der Waals surface area contributed by atoms with Gasteiger partial charge in [-0.2, -0.15) is 0 Å². The van der Waals surface area contributed by atoms with Crippen LogP contribution in [-0.4, -0.2) is 30.1 Å². The molecule has 0 radical (unpaired) electrons. The Morgan fingerprint density at radius 1 is 1.18 bits per heavy atom. The Labute approximate surface area is 103 Å². The molecule has 1 aromatic carbocycles. The Balaban J connectivity index is 1.75. The van der Waals surface area contributed by atoms with Crippen molar-refractivity contribution >= 4 is 0 Å². The van der Waals surface area contributed by atoms with Crippen molar-refractivity contribution in [1.29, 1.82) is 0 Å². The minimum absolute atomic E-state index is 0.223. The number of nitrogens with zero attached hydrogens (tertiary/aromatic N) is 1. The van der Waals surface area contributed by atoms with Gasteiger partial charge in [0.15, 0.2) is 0 Å². The van der Waals surface area contributed by atoms with Gasteiger partial charge in [-0.15, -0.1) is 0 Å². The van der Waals surface area contributed by atoms with Crippen molar-refractivity contribution in [3.8, 4) is 0 Å². The third-order valence-corrected chi connectivity index (χ3v) is 4.60. The van der Waals surface area contributed by atoms with Crippen LogP contribution in [0.4, 0.5) is 0 Å². The fourth-order valence-electron chi connectivity index (χ4n) is 3.49. The van der Waals surface area contributed by atoms with Crippen LogP contribution in [0, 0.1) is 11.8 Å². The summed E-state index contributed by atoms with van der Waals surface area (Å²) < 4.78 is 0. The van der Waals surface area contributed by atoms with Crippen LogP contribution in [-0.2, 0) is 6.42 Å². The normalized spacial score (nSPS) is 30.5. The number of benzene rings is 1. The van der Waals surface area contributed by atoms with Crippen molar-refractivity contribution in [1.82, 2.24) is 4.90 Å². The molecule has 2 atom stereocenters. The van der Waals surface area contributed by atoms with Crippen LogP contribution < -0.4 is 0 Å². The van der Waals surface area contributed by atoms with Crippen molar-refractivity contribution < 1.29 is 5.11 Å². The van der Waals surface area contributed by atoms with Gasteiger partial charge in [-0.25, -0.2) is 0 Å². The van der Waals surface area contributed by atoms with Gasteiger partial charge in [0.05, 0.1) is 6.10 Å². The smallest absolute Gasteiger partial charge is 0.0826 e. The zero-order chi connectivity index (χ0) is 11.8. The lowest BCUT2D eigenvalue weighted by Crippen LogP contribution is -2.34. The number of aliphatic hydroxyl groups excluding tert-OH is 1. The van der Waals surface area contributed by atoms with E-state index in [0.29, 0.717) is 11.8 Å². The molecular weight excluding hydrogens is 210 g/mol. The maximum Gasteiger partial charge on any atom is 0.0826 e. The van der Waals surface area contributed by atoms with Crippen LogP contribution in [0.15, 0.2) is 24.3 Å². The number of aliphatic hydroxyl groups is 1. The summed E-state index contributed by atoms with van der Waals surface area (Å²) in [5, 5.41) is 10.4. The lowest BCUT2D eigenvalue weighted by atomic mass is 9.81. The molecule has 2 aliphatic rings. The number of rotatable bonds is 1. The van der Waals surface area contributed by atoms with E-state index >= 15 is 0 Å². The largest absolute Gasteiger partial charge is 0.388 e. The molecule has 2 nitrogen and oxygen atoms in total. The lowest BCUT2D eigenvalue weighted by Gasteiger charge is -2.34. The van der Waals surface area contributed by atoms with Crippen LogP contribution in [0.25, 0.3) is 0 Å². The second-order valence-electron chi connectivity index (χ2n) is 5.65. The molecule has 3 rings (SSSR count). The molecule has 0 bridgehead atoms. The van der Waals surface area contributed by atoms with Crippen LogP contribution >= 0.6 is 0 Å². The molecule has 1 fully saturated rings. The molecule has 2 heteroatoms. The van der Waals surface area contributed by atoms with Gasteiger partial charge in [0.2, 0.25) is 0 Å². The van der Waals surface area contributed by atoms with E-state index in [9.17, 15) is 5.11 Å². The highest BCUT2D eigenvalue weighted by atomic mass is 16.3. The Bertz CT molecular complexity index is 396. The SMILES string of the molecule is CN1CCC([C@@H]2Cc3ccccc3[C@@H]2O)CC1. The molecule has 92 valence electrons. The van der Waals surface area contributed by atoms with E-state index in [1.54, 1.807) is 0 Å². The van der Waals surface area contributed by atoms with Crippen molar-refractivity contribution in [3.63, 3.8) is 0 Å². The zero-order valence-electron chi connectivity index (χ0n) is 10.5. The third-order valence-electron chi connectivity index (χ3n) is 4.60. The molecule has 1 aliphatic carbocycles. The van der Waals surface area contributed by atoms with E-state index in [-0.39, 0.29) is 6.10 Å². The third kappa shape index (κ3) is 2.00. The number of hydrogen-bond donors (Lipinski definition) is 1. The minimum Gasteiger partial charge on any atom is -0.388 e. The molecule has 1 heterocycles. The highest BCUT2D eigenvalue weighted by Gasteiger charge is 2.36. The van der Waals surface area contributed by atoms with E-state index in [0.717, 1.165) is 6.42 Å². The molecule has 1 saturated heterocycles. The average molecular weight is 231 g/mol. The van der Waals surface area contributed by atoms with E-state index in [2.05, 4.69) is 30.1 Å². The van der Waals surface area contributed by atoms with Crippen molar-refractivity contribution in [2.24, 2.45) is 11.8 Å². The molecule has 1 N–H and O–H groups in total. The monoisotopic (exact) mass is 231 g/mol. The molecule has 0 saturated carbocycles. The average Bonchev–Trinajstić information content (AvgIpc) is 2.69. The Kier molecular flexibility index (Phi) is 2.93. The van der Waals surface area contributed by atoms with Crippen LogP contribution in [0.2, 0.25) is 0 Å². The summed E-state index contributed by atoms with van der Waals surface area (Å²) in [6.45, 7) is 2.37. The maximum absolute atomic E-state index is 10.4. The topological polar surface area (TPSA) is 23.5 Å². The molecule has 0 aromatic heterocycles. The van der Waals surface area contributed by atoms with Crippen molar-refractivity contribution in [2.45, 2.75) is 25.4 Å². The van der Waals surface area contributed by atoms with Gasteiger partial charge >= 0.3 is 0 Å². The van der Waals surface area contributed by atoms with E-state index in [1.807, 2.05) is 6.07 Å². The summed E-state index contributed by atoms with van der Waals surface area (Å²) in [5.41, 5.74) is 2.54. The minimum atomic E-state index is -0.223. The first-order valence-corrected chi connectivity index (χ1v) is 6.70. The Morgan fingerprint density at radius 2 is 1.88 bits per heavy atom. The molecule has 0 unspecified atom stereocenters. The first-order valence-electron chi connectivity index (χ1n) is 6.70. The number of fused-ring (bicyclic) bond motifs is 1. The fraction of sp³-hybridized carbons (Fsp3) is 0.600. The van der Waals surface area contributed by atoms with Crippen LogP contribution in [0.3, 0.4) is 0 Å². The first-order chi connectivity index (χ1) is 8.25. The van der Waals surface area contributed by atoms with Gasteiger partial charge in [0.25, 0.3) is 0 Å². The molecular formula is C15H21NO. The van der Waals surface area contributed by atoms with Gasteiger partial charge in [-0.1, -0.05) is 24.3 Å². The summed E-state index contributed by atoms with van der Waals surface area (Å²) in [6.07, 6.45) is 3.34. The van der Waals surface area contributed by atoms with E-state index in [4.69, 9.17) is 0 Å². The second kappa shape index (κ2) is 4.43. The van der Waals surface area contributed by atoms with Gasteiger partial charge in [-0.05, 0) is 62.4 Å². The first kappa shape index (κ1) is 11.2. The van der Waals surface area contributed by atoms with Gasteiger partial charge in [0.1, 0.15) is 0 Å². The zero-order valence-corrected chi connectivity index (χ0v) is 10.5. The highest BCUT2D eigenvalue weighted by Crippen LogP contribution is 2.42. The molecule has 0 amide bonds. The summed E-state index contributed by atoms with van der Waals surface area (Å²) in [4.78, 5) is 2.39. The van der Waals surface area contributed by atoms with E-state index < -0.39 is 0 Å². The van der Waals surface area contributed by atoms with Gasteiger partial charge in [0, 0.05) is 0 Å². The molecule has 1 aliphatic heterocycles. The van der Waals surface area contributed by atoms with Crippen LogP contribution in [0.1, 0.15) is 30.1 Å². The Morgan fingerprint density at radius 3 is 2.59 bits per heavy atom. The lowest BCUT2D eigenvalue weighted by molar-refractivity contribution is 0.0595. The Hall–Kier alpha value is -0.860. The van der Waals surface area contributed by atoms with Crippen molar-refractivity contribution in [2.75, 3.05) is 20.1 Å². The quantitative estimate of drug-likeness (QED) is 0.801. The predicted octanol–water partition coefficient (Wildman–Crippen LogP) is 2.23. The standard InChI is InChI=1S/C15H21NO/c1-16-8-6-11(7-9-16)14-10-12-4-2-3-5-13(12)15(14)17/h2-5,11,14-15,17H,6-10H2,1H3/t14-,15-/m0/s1.